The van der Waals surface area contributed by atoms with Crippen molar-refractivity contribution in [3.8, 4) is 0 Å². The number of rotatable bonds is 3. The number of fused-ring (bicyclic) bond motifs is 4. The summed E-state index contributed by atoms with van der Waals surface area (Å²) in [5, 5.41) is 2.92. The van der Waals surface area contributed by atoms with Crippen LogP contribution < -0.4 is 10.2 Å². The highest BCUT2D eigenvalue weighted by molar-refractivity contribution is 6.05. The zero-order valence-corrected chi connectivity index (χ0v) is 16.0. The molecule has 3 aromatic rings. The summed E-state index contributed by atoms with van der Waals surface area (Å²) in [5.74, 6) is -0.470. The standard InChI is InChI=1S/C22H20N4O3/c1-13-18(24-16-6-3-2-5-15(16)23-13)12-29-22(28)14-8-9-19-17(11-14)25-21(27)20-7-4-10-26(19)20/h2-3,5-6,8-9,11,20H,4,7,10,12H2,1H3,(H,25,27)/t20-/m0/s1. The monoisotopic (exact) mass is 388 g/mol. The van der Waals surface area contributed by atoms with Gasteiger partial charge in [-0.2, -0.15) is 0 Å². The molecule has 1 amide bonds. The van der Waals surface area contributed by atoms with E-state index in [0.717, 1.165) is 41.8 Å². The molecule has 1 fully saturated rings. The Morgan fingerprint density at radius 1 is 1.21 bits per heavy atom. The lowest BCUT2D eigenvalue weighted by atomic mass is 10.1. The quantitative estimate of drug-likeness (QED) is 0.694. The Bertz CT molecular complexity index is 1140. The summed E-state index contributed by atoms with van der Waals surface area (Å²) >= 11 is 0. The van der Waals surface area contributed by atoms with Crippen LogP contribution in [0.4, 0.5) is 11.4 Å². The van der Waals surface area contributed by atoms with Crippen molar-refractivity contribution in [2.24, 2.45) is 0 Å². The molecular weight excluding hydrogens is 368 g/mol. The number of esters is 1. The molecule has 7 nitrogen and oxygen atoms in total. The average Bonchev–Trinajstić information content (AvgIpc) is 3.22. The summed E-state index contributed by atoms with van der Waals surface area (Å²) in [6.07, 6.45) is 1.86. The molecule has 2 aromatic carbocycles. The van der Waals surface area contributed by atoms with E-state index in [0.29, 0.717) is 16.9 Å². The predicted octanol–water partition coefficient (Wildman–Crippen LogP) is 3.22. The van der Waals surface area contributed by atoms with Gasteiger partial charge in [0, 0.05) is 6.54 Å². The molecule has 1 aromatic heterocycles. The van der Waals surface area contributed by atoms with Gasteiger partial charge in [-0.15, -0.1) is 0 Å². The number of aromatic nitrogens is 2. The van der Waals surface area contributed by atoms with Crippen LogP contribution in [-0.2, 0) is 16.1 Å². The van der Waals surface area contributed by atoms with Gasteiger partial charge in [-0.3, -0.25) is 4.79 Å². The molecule has 3 heterocycles. The van der Waals surface area contributed by atoms with Gasteiger partial charge < -0.3 is 15.0 Å². The third kappa shape index (κ3) is 3.08. The number of hydrogen-bond donors (Lipinski definition) is 1. The summed E-state index contributed by atoms with van der Waals surface area (Å²) < 4.78 is 5.48. The normalized spacial score (nSPS) is 17.6. The van der Waals surface area contributed by atoms with Gasteiger partial charge >= 0.3 is 5.97 Å². The van der Waals surface area contributed by atoms with E-state index < -0.39 is 5.97 Å². The number of aryl methyl sites for hydroxylation is 1. The van der Waals surface area contributed by atoms with Crippen molar-refractivity contribution in [3.63, 3.8) is 0 Å². The summed E-state index contributed by atoms with van der Waals surface area (Å²) in [6.45, 7) is 2.75. The van der Waals surface area contributed by atoms with E-state index >= 15 is 0 Å². The number of anilines is 2. The second-order valence-electron chi connectivity index (χ2n) is 7.39. The molecule has 1 N–H and O–H groups in total. The fourth-order valence-electron chi connectivity index (χ4n) is 4.04. The van der Waals surface area contributed by atoms with E-state index in [9.17, 15) is 9.59 Å². The Morgan fingerprint density at radius 3 is 2.83 bits per heavy atom. The molecule has 0 bridgehead atoms. The van der Waals surface area contributed by atoms with Crippen LogP contribution >= 0.6 is 0 Å². The smallest absolute Gasteiger partial charge is 0.338 e. The third-order valence-electron chi connectivity index (χ3n) is 5.54. The molecule has 0 spiro atoms. The van der Waals surface area contributed by atoms with Gasteiger partial charge in [0.15, 0.2) is 0 Å². The summed E-state index contributed by atoms with van der Waals surface area (Å²) in [6, 6.07) is 12.8. The first-order chi connectivity index (χ1) is 14.1. The minimum atomic E-state index is -0.458. The SMILES string of the molecule is Cc1nc2ccccc2nc1COC(=O)c1ccc2c(c1)NC(=O)[C@@H]1CCCN21. The summed E-state index contributed by atoms with van der Waals surface area (Å²) in [5.41, 5.74) is 4.95. The highest BCUT2D eigenvalue weighted by Gasteiger charge is 2.36. The Balaban J connectivity index is 1.35. The van der Waals surface area contributed by atoms with Crippen LogP contribution in [0.5, 0.6) is 0 Å². The number of nitrogens with one attached hydrogen (secondary N) is 1. The molecular formula is C22H20N4O3. The Labute approximate surface area is 167 Å². The minimum Gasteiger partial charge on any atom is -0.456 e. The number of carbonyl (C=O) groups is 2. The number of hydrogen-bond acceptors (Lipinski definition) is 6. The van der Waals surface area contributed by atoms with Crippen LogP contribution in [0.2, 0.25) is 0 Å². The third-order valence-corrected chi connectivity index (χ3v) is 5.54. The van der Waals surface area contributed by atoms with Gasteiger partial charge in [0.25, 0.3) is 0 Å². The number of ether oxygens (including phenoxy) is 1. The Kier molecular flexibility index (Phi) is 4.16. The van der Waals surface area contributed by atoms with Crippen molar-refractivity contribution in [2.45, 2.75) is 32.4 Å². The zero-order chi connectivity index (χ0) is 20.0. The molecule has 1 saturated heterocycles. The molecule has 146 valence electrons. The van der Waals surface area contributed by atoms with Gasteiger partial charge in [-0.05, 0) is 50.1 Å². The van der Waals surface area contributed by atoms with E-state index in [1.807, 2.05) is 37.3 Å². The zero-order valence-electron chi connectivity index (χ0n) is 16.0. The first kappa shape index (κ1) is 17.6. The van der Waals surface area contributed by atoms with Crippen LogP contribution in [0.3, 0.4) is 0 Å². The van der Waals surface area contributed by atoms with Crippen molar-refractivity contribution < 1.29 is 14.3 Å². The number of nitrogens with zero attached hydrogens (tertiary/aromatic N) is 3. The first-order valence-electron chi connectivity index (χ1n) is 9.71. The number of carbonyl (C=O) groups excluding carboxylic acids is 2. The van der Waals surface area contributed by atoms with E-state index in [-0.39, 0.29) is 18.6 Å². The first-order valence-corrected chi connectivity index (χ1v) is 9.71. The maximum Gasteiger partial charge on any atom is 0.338 e. The lowest BCUT2D eigenvalue weighted by molar-refractivity contribution is -0.117. The van der Waals surface area contributed by atoms with Gasteiger partial charge in [0.05, 0.1) is 39.4 Å². The molecule has 0 aliphatic carbocycles. The summed E-state index contributed by atoms with van der Waals surface area (Å²) in [7, 11) is 0. The molecule has 29 heavy (non-hydrogen) atoms. The Hall–Kier alpha value is -3.48. The van der Waals surface area contributed by atoms with Crippen LogP contribution in [0.15, 0.2) is 42.5 Å². The fraction of sp³-hybridized carbons (Fsp3) is 0.273. The molecule has 0 unspecified atom stereocenters. The molecule has 0 saturated carbocycles. The average molecular weight is 388 g/mol. The van der Waals surface area contributed by atoms with Crippen molar-refractivity contribution in [2.75, 3.05) is 16.8 Å². The van der Waals surface area contributed by atoms with Gasteiger partial charge in [-0.25, -0.2) is 14.8 Å². The maximum atomic E-state index is 12.6. The molecule has 0 radical (unpaired) electrons. The lowest BCUT2D eigenvalue weighted by Crippen LogP contribution is -2.43. The van der Waals surface area contributed by atoms with Crippen molar-refractivity contribution in [1.29, 1.82) is 0 Å². The second-order valence-corrected chi connectivity index (χ2v) is 7.39. The molecule has 2 aliphatic rings. The number of para-hydroxylation sites is 2. The van der Waals surface area contributed by atoms with E-state index in [4.69, 9.17) is 4.74 Å². The van der Waals surface area contributed by atoms with E-state index in [2.05, 4.69) is 20.2 Å². The van der Waals surface area contributed by atoms with Crippen LogP contribution in [0.1, 0.15) is 34.6 Å². The molecule has 5 rings (SSSR count). The van der Waals surface area contributed by atoms with Crippen molar-refractivity contribution in [1.82, 2.24) is 9.97 Å². The maximum absolute atomic E-state index is 12.6. The summed E-state index contributed by atoms with van der Waals surface area (Å²) in [4.78, 5) is 36.1. The second kappa shape index (κ2) is 6.84. The van der Waals surface area contributed by atoms with Crippen LogP contribution in [0.25, 0.3) is 11.0 Å². The van der Waals surface area contributed by atoms with Gasteiger partial charge in [0.2, 0.25) is 5.91 Å². The highest BCUT2D eigenvalue weighted by Crippen LogP contribution is 2.37. The van der Waals surface area contributed by atoms with Crippen molar-refractivity contribution >= 4 is 34.3 Å². The highest BCUT2D eigenvalue weighted by atomic mass is 16.5. The largest absolute Gasteiger partial charge is 0.456 e. The molecule has 2 aliphatic heterocycles. The van der Waals surface area contributed by atoms with Crippen molar-refractivity contribution in [3.05, 3.63) is 59.4 Å². The minimum absolute atomic E-state index is 0.0115. The van der Waals surface area contributed by atoms with Crippen LogP contribution in [0, 0.1) is 6.92 Å². The van der Waals surface area contributed by atoms with Gasteiger partial charge in [-0.1, -0.05) is 12.1 Å². The van der Waals surface area contributed by atoms with Crippen LogP contribution in [-0.4, -0.2) is 34.4 Å². The Morgan fingerprint density at radius 2 is 2.00 bits per heavy atom. The molecule has 7 heteroatoms. The lowest BCUT2D eigenvalue weighted by Gasteiger charge is -2.33. The topological polar surface area (TPSA) is 84.4 Å². The van der Waals surface area contributed by atoms with Gasteiger partial charge in [0.1, 0.15) is 12.6 Å². The number of amides is 1. The number of benzene rings is 2. The predicted molar refractivity (Wildman–Crippen MR) is 109 cm³/mol. The molecule has 1 atom stereocenters. The van der Waals surface area contributed by atoms with E-state index in [1.165, 1.54) is 0 Å². The van der Waals surface area contributed by atoms with E-state index in [1.54, 1.807) is 12.1 Å². The fourth-order valence-corrected chi connectivity index (χ4v) is 4.04.